The van der Waals surface area contributed by atoms with Crippen molar-refractivity contribution in [3.05, 3.63) is 69.8 Å². The quantitative estimate of drug-likeness (QED) is 0.862. The van der Waals surface area contributed by atoms with Crippen LogP contribution in [0.5, 0.6) is 0 Å². The van der Waals surface area contributed by atoms with E-state index in [1.54, 1.807) is 29.2 Å². The number of nitrogens with zero attached hydrogens (tertiary/aromatic N) is 1. The van der Waals surface area contributed by atoms with Gasteiger partial charge in [-0.3, -0.25) is 9.59 Å². The SMILES string of the molecule is Cc1ccc2c(c1)C(=O)/C(=C/c1ccc(Cl)cc1)CN2CC(=O)O. The Morgan fingerprint density at radius 3 is 2.62 bits per heavy atom. The van der Waals surface area contributed by atoms with Gasteiger partial charge >= 0.3 is 5.97 Å². The Kier molecular flexibility index (Phi) is 4.40. The molecule has 122 valence electrons. The van der Waals surface area contributed by atoms with Crippen molar-refractivity contribution in [3.8, 4) is 0 Å². The lowest BCUT2D eigenvalue weighted by atomic mass is 9.93. The summed E-state index contributed by atoms with van der Waals surface area (Å²) in [4.78, 5) is 25.7. The van der Waals surface area contributed by atoms with Crippen molar-refractivity contribution in [2.24, 2.45) is 0 Å². The minimum atomic E-state index is -0.929. The van der Waals surface area contributed by atoms with E-state index >= 15 is 0 Å². The summed E-state index contributed by atoms with van der Waals surface area (Å²) in [5.41, 5.74) is 3.60. The van der Waals surface area contributed by atoms with Crippen molar-refractivity contribution in [2.45, 2.75) is 6.92 Å². The minimum Gasteiger partial charge on any atom is -0.480 e. The van der Waals surface area contributed by atoms with Crippen LogP contribution in [0.2, 0.25) is 5.02 Å². The van der Waals surface area contributed by atoms with Crippen molar-refractivity contribution >= 4 is 35.1 Å². The molecule has 3 rings (SSSR count). The Labute approximate surface area is 145 Å². The summed E-state index contributed by atoms with van der Waals surface area (Å²) in [6.45, 7) is 2.03. The predicted octanol–water partition coefficient (Wildman–Crippen LogP) is 3.82. The second-order valence-corrected chi connectivity index (χ2v) is 6.26. The molecule has 24 heavy (non-hydrogen) atoms. The topological polar surface area (TPSA) is 57.6 Å². The van der Waals surface area contributed by atoms with Gasteiger partial charge in [0.2, 0.25) is 0 Å². The molecule has 4 nitrogen and oxygen atoms in total. The summed E-state index contributed by atoms with van der Waals surface area (Å²) in [6, 6.07) is 12.7. The Hall–Kier alpha value is -2.59. The fourth-order valence-corrected chi connectivity index (χ4v) is 2.94. The second-order valence-electron chi connectivity index (χ2n) is 5.82. The average molecular weight is 342 g/mol. The third-order valence-corrected chi connectivity index (χ3v) is 4.18. The standard InChI is InChI=1S/C19H16ClNO3/c1-12-2-7-17-16(8-12)19(24)14(10-21(17)11-18(22)23)9-13-3-5-15(20)6-4-13/h2-9H,10-11H2,1H3,(H,22,23)/b14-9+. The third kappa shape index (κ3) is 3.34. The minimum absolute atomic E-state index is 0.0645. The smallest absolute Gasteiger partial charge is 0.323 e. The molecule has 0 aliphatic carbocycles. The maximum Gasteiger partial charge on any atom is 0.323 e. The van der Waals surface area contributed by atoms with E-state index in [4.69, 9.17) is 16.7 Å². The van der Waals surface area contributed by atoms with Crippen LogP contribution in [0.15, 0.2) is 48.0 Å². The van der Waals surface area contributed by atoms with Crippen LogP contribution < -0.4 is 4.90 Å². The van der Waals surface area contributed by atoms with E-state index in [0.717, 1.165) is 11.1 Å². The average Bonchev–Trinajstić information content (AvgIpc) is 2.53. The molecule has 0 atom stereocenters. The molecule has 1 heterocycles. The van der Waals surface area contributed by atoms with Crippen LogP contribution in [-0.2, 0) is 4.79 Å². The summed E-state index contributed by atoms with van der Waals surface area (Å²) < 4.78 is 0. The van der Waals surface area contributed by atoms with Crippen LogP contribution in [0.3, 0.4) is 0 Å². The number of anilines is 1. The van der Waals surface area contributed by atoms with Gasteiger partial charge in [-0.15, -0.1) is 0 Å². The number of hydrogen-bond acceptors (Lipinski definition) is 3. The van der Waals surface area contributed by atoms with E-state index in [-0.39, 0.29) is 18.9 Å². The van der Waals surface area contributed by atoms with Crippen LogP contribution in [0.25, 0.3) is 6.08 Å². The Balaban J connectivity index is 2.04. The number of aryl methyl sites for hydroxylation is 1. The maximum absolute atomic E-state index is 12.8. The first-order valence-corrected chi connectivity index (χ1v) is 7.90. The van der Waals surface area contributed by atoms with Crippen molar-refractivity contribution in [3.63, 3.8) is 0 Å². The van der Waals surface area contributed by atoms with Crippen LogP contribution in [0.4, 0.5) is 5.69 Å². The molecule has 0 spiro atoms. The molecular formula is C19H16ClNO3. The molecule has 0 saturated heterocycles. The highest BCUT2D eigenvalue weighted by Crippen LogP contribution is 2.31. The fourth-order valence-electron chi connectivity index (χ4n) is 2.82. The molecule has 0 radical (unpaired) electrons. The zero-order chi connectivity index (χ0) is 17.3. The number of hydrogen-bond donors (Lipinski definition) is 1. The molecule has 1 N–H and O–H groups in total. The van der Waals surface area contributed by atoms with Gasteiger partial charge in [0.15, 0.2) is 5.78 Å². The van der Waals surface area contributed by atoms with Crippen molar-refractivity contribution < 1.29 is 14.7 Å². The van der Waals surface area contributed by atoms with Gasteiger partial charge in [0.25, 0.3) is 0 Å². The van der Waals surface area contributed by atoms with Gasteiger partial charge in [-0.1, -0.05) is 35.4 Å². The molecule has 2 aromatic rings. The van der Waals surface area contributed by atoms with Crippen molar-refractivity contribution in [1.82, 2.24) is 0 Å². The summed E-state index contributed by atoms with van der Waals surface area (Å²) in [7, 11) is 0. The van der Waals surface area contributed by atoms with Gasteiger partial charge in [0, 0.05) is 28.4 Å². The van der Waals surface area contributed by atoms with E-state index in [9.17, 15) is 9.59 Å². The molecule has 5 heteroatoms. The largest absolute Gasteiger partial charge is 0.480 e. The Bertz CT molecular complexity index is 840. The van der Waals surface area contributed by atoms with Gasteiger partial charge in [-0.2, -0.15) is 0 Å². The number of carbonyl (C=O) groups is 2. The normalized spacial score (nSPS) is 15.5. The number of carboxylic acid groups (broad SMARTS) is 1. The Morgan fingerprint density at radius 2 is 1.96 bits per heavy atom. The predicted molar refractivity (Wildman–Crippen MR) is 94.8 cm³/mol. The molecule has 1 aliphatic rings. The van der Waals surface area contributed by atoms with Gasteiger partial charge in [0.1, 0.15) is 6.54 Å². The van der Waals surface area contributed by atoms with E-state index in [0.29, 0.717) is 21.8 Å². The highest BCUT2D eigenvalue weighted by Gasteiger charge is 2.28. The molecule has 2 aromatic carbocycles. The number of fused-ring (bicyclic) bond motifs is 1. The number of Topliss-reactive ketones (excluding diaryl/α,β-unsaturated/α-hetero) is 1. The molecule has 0 aromatic heterocycles. The van der Waals surface area contributed by atoms with E-state index in [2.05, 4.69) is 0 Å². The number of carboxylic acids is 1. The molecular weight excluding hydrogens is 326 g/mol. The van der Waals surface area contributed by atoms with Crippen LogP contribution in [0.1, 0.15) is 21.5 Å². The van der Waals surface area contributed by atoms with Gasteiger partial charge < -0.3 is 10.0 Å². The zero-order valence-corrected chi connectivity index (χ0v) is 13.9. The second kappa shape index (κ2) is 6.49. The first-order chi connectivity index (χ1) is 11.4. The number of benzene rings is 2. The summed E-state index contributed by atoms with van der Waals surface area (Å²) in [6.07, 6.45) is 1.79. The fraction of sp³-hybridized carbons (Fsp3) is 0.158. The lowest BCUT2D eigenvalue weighted by Crippen LogP contribution is -2.37. The molecule has 0 unspecified atom stereocenters. The third-order valence-electron chi connectivity index (χ3n) is 3.93. The van der Waals surface area contributed by atoms with Gasteiger partial charge in [-0.05, 0) is 42.8 Å². The number of aliphatic carboxylic acids is 1. The monoisotopic (exact) mass is 341 g/mol. The number of carbonyl (C=O) groups excluding carboxylic acids is 1. The lowest BCUT2D eigenvalue weighted by molar-refractivity contribution is -0.135. The zero-order valence-electron chi connectivity index (χ0n) is 13.1. The van der Waals surface area contributed by atoms with E-state index in [1.807, 2.05) is 31.2 Å². The van der Waals surface area contributed by atoms with Crippen molar-refractivity contribution in [2.75, 3.05) is 18.0 Å². The number of rotatable bonds is 3. The Morgan fingerprint density at radius 1 is 1.25 bits per heavy atom. The van der Waals surface area contributed by atoms with E-state index in [1.165, 1.54) is 0 Å². The van der Waals surface area contributed by atoms with Crippen LogP contribution in [0, 0.1) is 6.92 Å². The number of halogens is 1. The van der Waals surface area contributed by atoms with Crippen LogP contribution in [-0.4, -0.2) is 29.9 Å². The van der Waals surface area contributed by atoms with Crippen molar-refractivity contribution in [1.29, 1.82) is 0 Å². The first kappa shape index (κ1) is 16.3. The number of ketones is 1. The van der Waals surface area contributed by atoms with Crippen LogP contribution >= 0.6 is 11.6 Å². The highest BCUT2D eigenvalue weighted by atomic mass is 35.5. The summed E-state index contributed by atoms with van der Waals surface area (Å²) in [5.74, 6) is -0.994. The summed E-state index contributed by atoms with van der Waals surface area (Å²) in [5, 5.41) is 9.78. The van der Waals surface area contributed by atoms with E-state index < -0.39 is 5.97 Å². The molecule has 0 fully saturated rings. The first-order valence-electron chi connectivity index (χ1n) is 7.52. The molecule has 0 saturated carbocycles. The molecule has 1 aliphatic heterocycles. The lowest BCUT2D eigenvalue weighted by Gasteiger charge is -2.31. The van der Waals surface area contributed by atoms with Gasteiger partial charge in [0.05, 0.1) is 0 Å². The molecule has 0 bridgehead atoms. The van der Waals surface area contributed by atoms with Gasteiger partial charge in [-0.25, -0.2) is 0 Å². The highest BCUT2D eigenvalue weighted by molar-refractivity contribution is 6.30. The summed E-state index contributed by atoms with van der Waals surface area (Å²) >= 11 is 5.89. The molecule has 0 amide bonds. The maximum atomic E-state index is 12.8.